The van der Waals surface area contributed by atoms with E-state index in [-0.39, 0.29) is 29.8 Å². The summed E-state index contributed by atoms with van der Waals surface area (Å²) in [4.78, 5) is 12.5. The molecular formula is C22H26FIN6. The molecule has 8 heteroatoms. The van der Waals surface area contributed by atoms with Crippen LogP contribution in [0.2, 0.25) is 0 Å². The molecule has 0 saturated carbocycles. The maximum atomic E-state index is 13.5. The van der Waals surface area contributed by atoms with Gasteiger partial charge in [0.25, 0.3) is 0 Å². The fourth-order valence-corrected chi connectivity index (χ4v) is 3.50. The molecule has 0 radical (unpaired) electrons. The minimum atomic E-state index is -0.219. The molecule has 0 unspecified atom stereocenters. The molecule has 0 aliphatic heterocycles. The monoisotopic (exact) mass is 520 g/mol. The molecular weight excluding hydrogens is 494 g/mol. The number of para-hydroxylation sites is 2. The van der Waals surface area contributed by atoms with Gasteiger partial charge in [-0.1, -0.05) is 12.1 Å². The van der Waals surface area contributed by atoms with Gasteiger partial charge in [-0.3, -0.25) is 0 Å². The summed E-state index contributed by atoms with van der Waals surface area (Å²) in [5.41, 5.74) is 4.11. The molecule has 0 fully saturated rings. The Kier molecular flexibility index (Phi) is 7.30. The topological polar surface area (TPSA) is 70.0 Å². The van der Waals surface area contributed by atoms with Crippen LogP contribution in [-0.2, 0) is 20.0 Å². The lowest BCUT2D eigenvalue weighted by Gasteiger charge is -2.11. The maximum Gasteiger partial charge on any atom is 0.191 e. The molecule has 2 aromatic heterocycles. The van der Waals surface area contributed by atoms with E-state index in [0.29, 0.717) is 13.1 Å². The maximum absolute atomic E-state index is 13.5. The summed E-state index contributed by atoms with van der Waals surface area (Å²) < 4.78 is 15.6. The number of hydrogen-bond acceptors (Lipinski definition) is 2. The van der Waals surface area contributed by atoms with Crippen molar-refractivity contribution >= 4 is 51.9 Å². The zero-order valence-corrected chi connectivity index (χ0v) is 19.4. The van der Waals surface area contributed by atoms with Gasteiger partial charge in [0.2, 0.25) is 0 Å². The Hall–Kier alpha value is -2.62. The number of nitrogens with zero attached hydrogens (tertiary/aromatic N) is 3. The highest BCUT2D eigenvalue weighted by atomic mass is 127. The van der Waals surface area contributed by atoms with Crippen molar-refractivity contribution in [1.82, 2.24) is 25.2 Å². The average Bonchev–Trinajstić information content (AvgIpc) is 3.27. The third kappa shape index (κ3) is 4.75. The minimum Gasteiger partial charge on any atom is -0.361 e. The molecule has 158 valence electrons. The van der Waals surface area contributed by atoms with E-state index >= 15 is 0 Å². The van der Waals surface area contributed by atoms with Crippen LogP contribution >= 0.6 is 24.0 Å². The van der Waals surface area contributed by atoms with E-state index in [0.717, 1.165) is 52.2 Å². The Labute approximate surface area is 192 Å². The number of halogens is 2. The first-order valence-electron chi connectivity index (χ1n) is 9.83. The quantitative estimate of drug-likeness (QED) is 0.204. The van der Waals surface area contributed by atoms with E-state index in [1.54, 1.807) is 12.1 Å². The van der Waals surface area contributed by atoms with Gasteiger partial charge in [0.15, 0.2) is 5.96 Å². The van der Waals surface area contributed by atoms with Crippen LogP contribution in [0.4, 0.5) is 4.39 Å². The van der Waals surface area contributed by atoms with E-state index in [2.05, 4.69) is 36.2 Å². The summed E-state index contributed by atoms with van der Waals surface area (Å²) in [5, 5.41) is 7.55. The lowest BCUT2D eigenvalue weighted by molar-refractivity contribution is 0.629. The van der Waals surface area contributed by atoms with Gasteiger partial charge in [-0.05, 0) is 49.2 Å². The van der Waals surface area contributed by atoms with Gasteiger partial charge in [-0.15, -0.1) is 24.0 Å². The summed E-state index contributed by atoms with van der Waals surface area (Å²) in [6.45, 7) is 3.98. The molecule has 6 nitrogen and oxygen atoms in total. The first-order chi connectivity index (χ1) is 14.2. The Bertz CT molecular complexity index is 1160. The van der Waals surface area contributed by atoms with E-state index < -0.39 is 0 Å². The number of aryl methyl sites for hydroxylation is 1. The molecule has 0 amide bonds. The largest absolute Gasteiger partial charge is 0.361 e. The molecule has 2 aromatic carbocycles. The van der Waals surface area contributed by atoms with Crippen molar-refractivity contribution in [2.45, 2.75) is 19.9 Å². The first kappa shape index (κ1) is 22.1. The molecule has 0 atom stereocenters. The molecule has 0 aliphatic carbocycles. The normalized spacial score (nSPS) is 11.6. The fraction of sp³-hybridized carbons (Fsp3) is 0.273. The van der Waals surface area contributed by atoms with Crippen molar-refractivity contribution < 1.29 is 4.39 Å². The van der Waals surface area contributed by atoms with Crippen LogP contribution in [0, 0.1) is 5.82 Å². The number of benzene rings is 2. The molecule has 30 heavy (non-hydrogen) atoms. The number of hydrogen-bond donors (Lipinski definition) is 3. The molecule has 0 spiro atoms. The summed E-state index contributed by atoms with van der Waals surface area (Å²) >= 11 is 0. The summed E-state index contributed by atoms with van der Waals surface area (Å²) in [6, 6.07) is 12.9. The first-order valence-corrected chi connectivity index (χ1v) is 9.83. The summed E-state index contributed by atoms with van der Waals surface area (Å²) in [7, 11) is 2.01. The van der Waals surface area contributed by atoms with Crippen molar-refractivity contribution in [2.24, 2.45) is 12.0 Å². The Morgan fingerprint density at radius 3 is 2.83 bits per heavy atom. The second-order valence-electron chi connectivity index (χ2n) is 6.95. The Morgan fingerprint density at radius 2 is 2.03 bits per heavy atom. The second kappa shape index (κ2) is 9.92. The lowest BCUT2D eigenvalue weighted by Crippen LogP contribution is -2.38. The number of nitrogens with one attached hydrogen (secondary N) is 3. The second-order valence-corrected chi connectivity index (χ2v) is 6.95. The number of rotatable bonds is 6. The van der Waals surface area contributed by atoms with Crippen LogP contribution in [-0.4, -0.2) is 33.6 Å². The minimum absolute atomic E-state index is 0. The van der Waals surface area contributed by atoms with Gasteiger partial charge in [0.1, 0.15) is 18.2 Å². The molecule has 0 bridgehead atoms. The van der Waals surface area contributed by atoms with Gasteiger partial charge in [0, 0.05) is 37.2 Å². The van der Waals surface area contributed by atoms with Crippen LogP contribution in [0.1, 0.15) is 18.3 Å². The summed E-state index contributed by atoms with van der Waals surface area (Å²) in [6.07, 6.45) is 2.70. The highest BCUT2D eigenvalue weighted by Gasteiger charge is 2.08. The van der Waals surface area contributed by atoms with Crippen molar-refractivity contribution in [3.8, 4) is 0 Å². The molecule has 0 aliphatic rings. The van der Waals surface area contributed by atoms with Crippen molar-refractivity contribution in [3.05, 3.63) is 65.9 Å². The number of imidazole rings is 1. The van der Waals surface area contributed by atoms with Gasteiger partial charge in [0.05, 0.1) is 11.0 Å². The number of aliphatic imine (C=N–C) groups is 1. The van der Waals surface area contributed by atoms with Crippen molar-refractivity contribution in [3.63, 3.8) is 0 Å². The van der Waals surface area contributed by atoms with Crippen LogP contribution < -0.4 is 10.6 Å². The number of aromatic amines is 1. The Balaban J connectivity index is 0.00000256. The van der Waals surface area contributed by atoms with Crippen LogP contribution in [0.25, 0.3) is 21.9 Å². The van der Waals surface area contributed by atoms with E-state index in [1.807, 2.05) is 38.4 Å². The van der Waals surface area contributed by atoms with Crippen LogP contribution in [0.5, 0.6) is 0 Å². The van der Waals surface area contributed by atoms with Gasteiger partial charge < -0.3 is 20.2 Å². The van der Waals surface area contributed by atoms with Crippen molar-refractivity contribution in [1.29, 1.82) is 0 Å². The highest BCUT2D eigenvalue weighted by molar-refractivity contribution is 14.0. The number of H-pyrrole nitrogens is 1. The SMILES string of the molecule is CCNC(=NCc1nc2ccccc2n1C)NCCc1c[nH]c2ccc(F)cc12.I. The molecule has 0 saturated heterocycles. The van der Waals surface area contributed by atoms with Crippen molar-refractivity contribution in [2.75, 3.05) is 13.1 Å². The van der Waals surface area contributed by atoms with Crippen LogP contribution in [0.3, 0.4) is 0 Å². The third-order valence-corrected chi connectivity index (χ3v) is 5.02. The molecule has 3 N–H and O–H groups in total. The van der Waals surface area contributed by atoms with Crippen LogP contribution in [0.15, 0.2) is 53.7 Å². The predicted molar refractivity (Wildman–Crippen MR) is 131 cm³/mol. The number of fused-ring (bicyclic) bond motifs is 2. The highest BCUT2D eigenvalue weighted by Crippen LogP contribution is 2.19. The Morgan fingerprint density at radius 1 is 1.20 bits per heavy atom. The fourth-order valence-electron chi connectivity index (χ4n) is 3.50. The van der Waals surface area contributed by atoms with Gasteiger partial charge in [-0.2, -0.15) is 0 Å². The standard InChI is InChI=1S/C22H25FN6.HI/c1-3-24-22(27-14-21-28-19-6-4-5-7-20(19)29(21)2)25-11-10-15-13-26-18-9-8-16(23)12-17(15)18;/h4-9,12-13,26H,3,10-11,14H2,1-2H3,(H2,24,25,27);1H. The lowest BCUT2D eigenvalue weighted by atomic mass is 10.1. The molecule has 4 rings (SSSR count). The third-order valence-electron chi connectivity index (χ3n) is 5.02. The number of guanidine groups is 1. The van der Waals surface area contributed by atoms with Gasteiger partial charge >= 0.3 is 0 Å². The molecule has 2 heterocycles. The van der Waals surface area contributed by atoms with E-state index in [4.69, 9.17) is 0 Å². The smallest absolute Gasteiger partial charge is 0.191 e. The zero-order valence-electron chi connectivity index (χ0n) is 17.1. The zero-order chi connectivity index (χ0) is 20.2. The predicted octanol–water partition coefficient (Wildman–Crippen LogP) is 4.11. The average molecular weight is 520 g/mol. The molecule has 4 aromatic rings. The van der Waals surface area contributed by atoms with E-state index in [1.165, 1.54) is 6.07 Å². The van der Waals surface area contributed by atoms with Gasteiger partial charge in [-0.25, -0.2) is 14.4 Å². The summed E-state index contributed by atoms with van der Waals surface area (Å²) in [5.74, 6) is 1.43. The van der Waals surface area contributed by atoms with E-state index in [9.17, 15) is 4.39 Å². The number of aromatic nitrogens is 3.